The zero-order valence-electron chi connectivity index (χ0n) is 13.6. The molecule has 5 heteroatoms. The van der Waals surface area contributed by atoms with Gasteiger partial charge >= 0.3 is 5.97 Å². The third-order valence-electron chi connectivity index (χ3n) is 4.25. The Bertz CT molecular complexity index is 763. The van der Waals surface area contributed by atoms with E-state index in [2.05, 4.69) is 10.2 Å². The average Bonchev–Trinajstić information content (AvgIpc) is 3.09. The highest BCUT2D eigenvalue weighted by molar-refractivity contribution is 6.06. The lowest BCUT2D eigenvalue weighted by atomic mass is 10.1. The Kier molecular flexibility index (Phi) is 4.51. The second-order valence-electron chi connectivity index (χ2n) is 6.05. The number of benzene rings is 2. The van der Waals surface area contributed by atoms with Crippen LogP contribution in [0.1, 0.15) is 39.1 Å². The molecule has 0 bridgehead atoms. The summed E-state index contributed by atoms with van der Waals surface area (Å²) in [4.78, 5) is 25.9. The van der Waals surface area contributed by atoms with E-state index >= 15 is 0 Å². The van der Waals surface area contributed by atoms with E-state index in [4.69, 9.17) is 0 Å². The summed E-state index contributed by atoms with van der Waals surface area (Å²) in [5.74, 6) is -1.24. The average molecular weight is 324 g/mol. The number of hydrogen-bond acceptors (Lipinski definition) is 3. The fraction of sp³-hybridized carbons (Fsp3) is 0.263. The molecular weight excluding hydrogens is 304 g/mol. The highest BCUT2D eigenvalue weighted by Crippen LogP contribution is 2.30. The predicted octanol–water partition coefficient (Wildman–Crippen LogP) is 3.55. The van der Waals surface area contributed by atoms with E-state index < -0.39 is 5.97 Å². The number of aryl methyl sites for hydroxylation is 1. The lowest BCUT2D eigenvalue weighted by Gasteiger charge is -2.22. The van der Waals surface area contributed by atoms with Crippen LogP contribution in [0.4, 0.5) is 11.4 Å². The molecule has 2 N–H and O–H groups in total. The number of amides is 1. The van der Waals surface area contributed by atoms with Crippen LogP contribution in [0, 0.1) is 6.92 Å². The van der Waals surface area contributed by atoms with Crippen molar-refractivity contribution in [2.45, 2.75) is 19.8 Å². The Morgan fingerprint density at radius 2 is 1.62 bits per heavy atom. The number of carboxylic acid groups (broad SMARTS) is 1. The van der Waals surface area contributed by atoms with Crippen molar-refractivity contribution in [3.8, 4) is 0 Å². The van der Waals surface area contributed by atoms with E-state index in [1.165, 1.54) is 6.07 Å². The van der Waals surface area contributed by atoms with Gasteiger partial charge in [-0.1, -0.05) is 17.7 Å². The van der Waals surface area contributed by atoms with E-state index in [-0.39, 0.29) is 11.5 Å². The van der Waals surface area contributed by atoms with Gasteiger partial charge < -0.3 is 15.3 Å². The van der Waals surface area contributed by atoms with Gasteiger partial charge in [-0.25, -0.2) is 4.79 Å². The predicted molar refractivity (Wildman–Crippen MR) is 94.0 cm³/mol. The van der Waals surface area contributed by atoms with Gasteiger partial charge in [-0.2, -0.15) is 0 Å². The highest BCUT2D eigenvalue weighted by Gasteiger charge is 2.19. The standard InChI is InChI=1S/C19H20N2O3/c1-13-4-6-14(7-5-13)18(22)20-16-12-15(19(23)24)8-9-17(16)21-10-2-3-11-21/h4-9,12H,2-3,10-11H2,1H3,(H,20,22)(H,23,24). The Hall–Kier alpha value is -2.82. The molecule has 1 amide bonds. The van der Waals surface area contributed by atoms with E-state index in [1.54, 1.807) is 24.3 Å². The number of carbonyl (C=O) groups is 2. The van der Waals surface area contributed by atoms with Crippen LogP contribution in [0.15, 0.2) is 42.5 Å². The molecule has 0 saturated carbocycles. The lowest BCUT2D eigenvalue weighted by molar-refractivity contribution is 0.0696. The largest absolute Gasteiger partial charge is 0.478 e. The number of carboxylic acids is 1. The van der Waals surface area contributed by atoms with Crippen molar-refractivity contribution in [2.75, 3.05) is 23.3 Å². The van der Waals surface area contributed by atoms with Crippen LogP contribution in [0.25, 0.3) is 0 Å². The van der Waals surface area contributed by atoms with Gasteiger partial charge in [0.15, 0.2) is 0 Å². The maximum Gasteiger partial charge on any atom is 0.335 e. The van der Waals surface area contributed by atoms with Crippen LogP contribution in [0.3, 0.4) is 0 Å². The summed E-state index contributed by atoms with van der Waals surface area (Å²) in [6, 6.07) is 12.2. The molecule has 0 unspecified atom stereocenters. The molecule has 0 spiro atoms. The van der Waals surface area contributed by atoms with Crippen LogP contribution in [0.5, 0.6) is 0 Å². The minimum atomic E-state index is -1.01. The van der Waals surface area contributed by atoms with Crippen molar-refractivity contribution in [1.82, 2.24) is 0 Å². The monoisotopic (exact) mass is 324 g/mol. The van der Waals surface area contributed by atoms with E-state index in [9.17, 15) is 14.7 Å². The molecule has 24 heavy (non-hydrogen) atoms. The molecule has 2 aromatic carbocycles. The maximum absolute atomic E-state index is 12.5. The van der Waals surface area contributed by atoms with Gasteiger partial charge in [-0.3, -0.25) is 4.79 Å². The third kappa shape index (κ3) is 3.40. The molecule has 3 rings (SSSR count). The number of anilines is 2. The summed E-state index contributed by atoms with van der Waals surface area (Å²) < 4.78 is 0. The SMILES string of the molecule is Cc1ccc(C(=O)Nc2cc(C(=O)O)ccc2N2CCCC2)cc1. The summed E-state index contributed by atoms with van der Waals surface area (Å²) in [5.41, 5.74) is 3.21. The normalized spacial score (nSPS) is 13.8. The number of hydrogen-bond donors (Lipinski definition) is 2. The van der Waals surface area contributed by atoms with Crippen molar-refractivity contribution in [3.05, 3.63) is 59.2 Å². The van der Waals surface area contributed by atoms with Gasteiger partial charge in [-0.05, 0) is 50.1 Å². The zero-order chi connectivity index (χ0) is 17.1. The second kappa shape index (κ2) is 6.74. The summed E-state index contributed by atoms with van der Waals surface area (Å²) in [7, 11) is 0. The number of rotatable bonds is 4. The van der Waals surface area contributed by atoms with Crippen molar-refractivity contribution < 1.29 is 14.7 Å². The summed E-state index contributed by atoms with van der Waals surface area (Å²) in [6.07, 6.45) is 2.21. The molecule has 0 aliphatic carbocycles. The Morgan fingerprint density at radius 3 is 2.25 bits per heavy atom. The first-order valence-corrected chi connectivity index (χ1v) is 8.05. The Labute approximate surface area is 140 Å². The van der Waals surface area contributed by atoms with Gasteiger partial charge in [0, 0.05) is 18.7 Å². The number of nitrogens with one attached hydrogen (secondary N) is 1. The first kappa shape index (κ1) is 16.1. The third-order valence-corrected chi connectivity index (χ3v) is 4.25. The molecule has 1 fully saturated rings. The highest BCUT2D eigenvalue weighted by atomic mass is 16.4. The topological polar surface area (TPSA) is 69.6 Å². The van der Waals surface area contributed by atoms with Crippen LogP contribution in [0.2, 0.25) is 0 Å². The van der Waals surface area contributed by atoms with Crippen LogP contribution < -0.4 is 10.2 Å². The molecule has 0 radical (unpaired) electrons. The molecule has 0 aromatic heterocycles. The fourth-order valence-electron chi connectivity index (χ4n) is 2.90. The minimum Gasteiger partial charge on any atom is -0.478 e. The summed E-state index contributed by atoms with van der Waals surface area (Å²) in [6.45, 7) is 3.79. The molecule has 1 heterocycles. The van der Waals surface area contributed by atoms with Gasteiger partial charge in [0.05, 0.1) is 16.9 Å². The molecular formula is C19H20N2O3. The molecule has 124 valence electrons. The quantitative estimate of drug-likeness (QED) is 0.902. The zero-order valence-corrected chi connectivity index (χ0v) is 13.6. The first-order chi connectivity index (χ1) is 11.5. The lowest BCUT2D eigenvalue weighted by Crippen LogP contribution is -2.21. The van der Waals surface area contributed by atoms with Gasteiger partial charge in [0.25, 0.3) is 5.91 Å². The van der Waals surface area contributed by atoms with Gasteiger partial charge in [0.1, 0.15) is 0 Å². The summed E-state index contributed by atoms with van der Waals surface area (Å²) >= 11 is 0. The fourth-order valence-corrected chi connectivity index (χ4v) is 2.90. The Morgan fingerprint density at radius 1 is 1.00 bits per heavy atom. The van der Waals surface area contributed by atoms with E-state index in [0.717, 1.165) is 37.2 Å². The van der Waals surface area contributed by atoms with E-state index in [0.29, 0.717) is 11.3 Å². The van der Waals surface area contributed by atoms with E-state index in [1.807, 2.05) is 19.1 Å². The maximum atomic E-state index is 12.5. The molecule has 1 aliphatic rings. The van der Waals surface area contributed by atoms with Gasteiger partial charge in [0.2, 0.25) is 0 Å². The van der Waals surface area contributed by atoms with Crippen molar-refractivity contribution in [1.29, 1.82) is 0 Å². The smallest absolute Gasteiger partial charge is 0.335 e. The van der Waals surface area contributed by atoms with Crippen molar-refractivity contribution >= 4 is 23.3 Å². The molecule has 0 atom stereocenters. The summed E-state index contributed by atoms with van der Waals surface area (Å²) in [5, 5.41) is 12.1. The van der Waals surface area contributed by atoms with Crippen LogP contribution in [-0.2, 0) is 0 Å². The van der Waals surface area contributed by atoms with Crippen LogP contribution in [-0.4, -0.2) is 30.1 Å². The second-order valence-corrected chi connectivity index (χ2v) is 6.05. The molecule has 1 saturated heterocycles. The Balaban J connectivity index is 1.91. The molecule has 5 nitrogen and oxygen atoms in total. The number of nitrogens with zero attached hydrogens (tertiary/aromatic N) is 1. The molecule has 2 aromatic rings. The van der Waals surface area contributed by atoms with Crippen LogP contribution >= 0.6 is 0 Å². The van der Waals surface area contributed by atoms with Gasteiger partial charge in [-0.15, -0.1) is 0 Å². The first-order valence-electron chi connectivity index (χ1n) is 8.05. The van der Waals surface area contributed by atoms with Crippen molar-refractivity contribution in [3.63, 3.8) is 0 Å². The number of carbonyl (C=O) groups excluding carboxylic acids is 1. The number of aromatic carboxylic acids is 1. The molecule has 1 aliphatic heterocycles. The van der Waals surface area contributed by atoms with Crippen molar-refractivity contribution in [2.24, 2.45) is 0 Å². The minimum absolute atomic E-state index is 0.164.